The van der Waals surface area contributed by atoms with Gasteiger partial charge in [-0.2, -0.15) is 13.2 Å². The molecule has 6 nitrogen and oxygen atoms in total. The van der Waals surface area contributed by atoms with Crippen LogP contribution >= 0.6 is 33.9 Å². The van der Waals surface area contributed by atoms with Gasteiger partial charge < -0.3 is 19.9 Å². The first-order valence-electron chi connectivity index (χ1n) is 16.1. The monoisotopic (exact) mass is 781 g/mol. The average Bonchev–Trinajstić information content (AvgIpc) is 3.60. The summed E-state index contributed by atoms with van der Waals surface area (Å²) >= 11 is 3.50. The molecule has 2 N–H and O–H groups in total. The van der Waals surface area contributed by atoms with Gasteiger partial charge in [0.05, 0.1) is 32.4 Å². The molecule has 0 bridgehead atoms. The number of rotatable bonds is 12. The van der Waals surface area contributed by atoms with Crippen molar-refractivity contribution in [3.05, 3.63) is 87.1 Å². The number of alkyl halides is 4. The minimum Gasteiger partial charge on any atom is -0.493 e. The van der Waals surface area contributed by atoms with Crippen LogP contribution in [0.1, 0.15) is 66.3 Å². The predicted molar refractivity (Wildman–Crippen MR) is 191 cm³/mol. The van der Waals surface area contributed by atoms with Crippen LogP contribution in [0.25, 0.3) is 15.8 Å². The molecule has 1 saturated carbocycles. The van der Waals surface area contributed by atoms with Gasteiger partial charge in [0, 0.05) is 20.2 Å². The molecule has 1 aromatic carbocycles. The van der Waals surface area contributed by atoms with Crippen molar-refractivity contribution in [2.24, 2.45) is 5.92 Å². The molecule has 254 valence electrons. The van der Waals surface area contributed by atoms with Gasteiger partial charge in [-0.25, -0.2) is 9.97 Å². The Morgan fingerprint density at radius 2 is 1.91 bits per heavy atom. The number of aryl methyl sites for hydroxylation is 2. The number of hydrogen-bond acceptors (Lipinski definition) is 7. The summed E-state index contributed by atoms with van der Waals surface area (Å²) < 4.78 is 50.3. The molecule has 3 aromatic rings. The van der Waals surface area contributed by atoms with Crippen LogP contribution in [0, 0.1) is 12.8 Å². The Morgan fingerprint density at radius 3 is 2.64 bits per heavy atom. The second-order valence-corrected chi connectivity index (χ2v) is 15.3. The molecule has 2 aliphatic carbocycles. The summed E-state index contributed by atoms with van der Waals surface area (Å²) in [6.07, 6.45) is 5.94. The largest absolute Gasteiger partial charge is 0.493 e. The minimum atomic E-state index is -4.25. The van der Waals surface area contributed by atoms with Gasteiger partial charge in [-0.05, 0) is 111 Å². The molecule has 1 fully saturated rings. The van der Waals surface area contributed by atoms with Crippen molar-refractivity contribution in [1.29, 1.82) is 0 Å². The molecule has 47 heavy (non-hydrogen) atoms. The van der Waals surface area contributed by atoms with Crippen molar-refractivity contribution >= 4 is 49.7 Å². The average molecular weight is 782 g/mol. The summed E-state index contributed by atoms with van der Waals surface area (Å²) in [6, 6.07) is 8.45. The summed E-state index contributed by atoms with van der Waals surface area (Å²) in [5.74, 6) is 1.69. The molecule has 4 atom stereocenters. The van der Waals surface area contributed by atoms with Crippen LogP contribution in [-0.2, 0) is 28.7 Å². The van der Waals surface area contributed by atoms with Crippen molar-refractivity contribution in [3.63, 3.8) is 0 Å². The van der Waals surface area contributed by atoms with E-state index in [9.17, 15) is 18.3 Å². The van der Waals surface area contributed by atoms with E-state index in [1.165, 1.54) is 23.0 Å². The Labute approximate surface area is 292 Å². The number of aliphatic hydroxyl groups excluding tert-OH is 1. The number of benzene rings is 1. The van der Waals surface area contributed by atoms with E-state index in [1.807, 2.05) is 0 Å². The Hall–Kier alpha value is -2.48. The van der Waals surface area contributed by atoms with Crippen LogP contribution < -0.4 is 5.32 Å². The van der Waals surface area contributed by atoms with Crippen molar-refractivity contribution < 1.29 is 27.8 Å². The highest BCUT2D eigenvalue weighted by molar-refractivity contribution is 14.1. The third-order valence-electron chi connectivity index (χ3n) is 9.24. The summed E-state index contributed by atoms with van der Waals surface area (Å²) in [5, 5.41) is 15.3. The number of ether oxygens (including phenoxy) is 2. The summed E-state index contributed by atoms with van der Waals surface area (Å²) in [5.41, 5.74) is 6.77. The standard InChI is InChI=1S/C36H43F3IN3O3S/c1-21-6-5-7-24(15-33(45-3)34(21)46-4)25-9-8-23(22(2)14-25)12-13-41-26-16-28(32(44)17-26)30(40)10-11-31-29-18-27(19-36(37,38)39)47-35(29)43-20-42-31/h7-9,14-15,18,20,26,28,30,32,41,44H,5-6,10-13,16-17,19H2,1-4H3/b24-7-,33-15+,34-21-/t26-,28-,30?,32-/m1/s1. The maximum Gasteiger partial charge on any atom is 0.393 e. The number of hydrogen-bond donors (Lipinski definition) is 2. The van der Waals surface area contributed by atoms with Crippen LogP contribution in [0.5, 0.6) is 0 Å². The molecular weight excluding hydrogens is 738 g/mol. The predicted octanol–water partition coefficient (Wildman–Crippen LogP) is 8.44. The van der Waals surface area contributed by atoms with E-state index in [1.54, 1.807) is 20.3 Å². The zero-order valence-corrected chi connectivity index (χ0v) is 30.3. The van der Waals surface area contributed by atoms with Gasteiger partial charge in [-0.15, -0.1) is 11.3 Å². The number of thiophene rings is 1. The number of fused-ring (bicyclic) bond motifs is 1. The topological polar surface area (TPSA) is 76.5 Å². The molecule has 0 amide bonds. The smallest absolute Gasteiger partial charge is 0.393 e. The zero-order chi connectivity index (χ0) is 33.7. The normalized spacial score (nSPS) is 25.1. The third kappa shape index (κ3) is 9.16. The number of allylic oxidation sites excluding steroid dienone is 4. The molecule has 0 radical (unpaired) electrons. The maximum atomic E-state index is 12.9. The SMILES string of the molecule is COC1=C(/C)CC/C=C(c2ccc(CCN[C@H]3C[C@@H](O)[C@@H](C(I)CCc4ncnc5sc(CC(F)(F)F)cc45)C3)c(C)c2)/C=C\1OC. The molecule has 2 aromatic heterocycles. The van der Waals surface area contributed by atoms with Gasteiger partial charge in [-0.3, -0.25) is 0 Å². The van der Waals surface area contributed by atoms with E-state index in [4.69, 9.17) is 9.47 Å². The zero-order valence-electron chi connectivity index (χ0n) is 27.3. The quantitative estimate of drug-likeness (QED) is 0.142. The fourth-order valence-electron chi connectivity index (χ4n) is 6.76. The number of aromatic nitrogens is 2. The molecule has 0 saturated heterocycles. The maximum absolute atomic E-state index is 12.9. The number of nitrogens with zero attached hydrogens (tertiary/aromatic N) is 2. The van der Waals surface area contributed by atoms with Gasteiger partial charge in [0.2, 0.25) is 0 Å². The van der Waals surface area contributed by atoms with Crippen LogP contribution in [0.3, 0.4) is 0 Å². The fourth-order valence-corrected chi connectivity index (χ4v) is 8.89. The highest BCUT2D eigenvalue weighted by Crippen LogP contribution is 2.36. The molecule has 2 aliphatic rings. The number of aliphatic hydroxyl groups is 1. The number of halogens is 4. The fraction of sp³-hybridized carbons (Fsp3) is 0.500. The summed E-state index contributed by atoms with van der Waals surface area (Å²) in [6.45, 7) is 5.06. The lowest BCUT2D eigenvalue weighted by molar-refractivity contribution is -0.126. The molecular formula is C36H43F3IN3O3S. The minimum absolute atomic E-state index is 0.147. The lowest BCUT2D eigenvalue weighted by Gasteiger charge is -2.21. The number of methoxy groups -OCH3 is 2. The van der Waals surface area contributed by atoms with Crippen molar-refractivity contribution in [3.8, 4) is 0 Å². The second-order valence-electron chi connectivity index (χ2n) is 12.6. The first kappa shape index (κ1) is 35.8. The van der Waals surface area contributed by atoms with E-state index in [-0.39, 0.29) is 26.9 Å². The molecule has 2 heterocycles. The molecule has 1 unspecified atom stereocenters. The van der Waals surface area contributed by atoms with Gasteiger partial charge >= 0.3 is 6.18 Å². The second kappa shape index (κ2) is 15.8. The van der Waals surface area contributed by atoms with E-state index >= 15 is 0 Å². The summed E-state index contributed by atoms with van der Waals surface area (Å²) in [4.78, 5) is 9.44. The molecule has 11 heteroatoms. The Bertz CT molecular complexity index is 1650. The van der Waals surface area contributed by atoms with Gasteiger partial charge in [0.1, 0.15) is 11.2 Å². The van der Waals surface area contributed by atoms with Crippen LogP contribution in [0.15, 0.2) is 59.8 Å². The summed E-state index contributed by atoms with van der Waals surface area (Å²) in [7, 11) is 3.36. The van der Waals surface area contributed by atoms with Crippen molar-refractivity contribution in [2.45, 2.75) is 87.5 Å². The van der Waals surface area contributed by atoms with Gasteiger partial charge in [0.15, 0.2) is 11.5 Å². The third-order valence-corrected chi connectivity index (χ3v) is 11.8. The van der Waals surface area contributed by atoms with E-state index in [0.717, 1.165) is 78.3 Å². The Balaban J connectivity index is 1.13. The van der Waals surface area contributed by atoms with Crippen LogP contribution in [0.4, 0.5) is 13.2 Å². The van der Waals surface area contributed by atoms with Crippen molar-refractivity contribution in [2.75, 3.05) is 20.8 Å². The van der Waals surface area contributed by atoms with E-state index < -0.39 is 12.6 Å². The highest BCUT2D eigenvalue weighted by atomic mass is 127. The lowest BCUT2D eigenvalue weighted by Crippen LogP contribution is -2.29. The van der Waals surface area contributed by atoms with Gasteiger partial charge in [0.25, 0.3) is 0 Å². The van der Waals surface area contributed by atoms with Gasteiger partial charge in [-0.1, -0.05) is 46.9 Å². The first-order valence-corrected chi connectivity index (χ1v) is 18.2. The van der Waals surface area contributed by atoms with Crippen LogP contribution in [0.2, 0.25) is 0 Å². The lowest BCUT2D eigenvalue weighted by atomic mass is 9.95. The number of nitrogens with one attached hydrogen (secondary N) is 1. The Kier molecular flexibility index (Phi) is 12.1. The van der Waals surface area contributed by atoms with Crippen molar-refractivity contribution in [1.82, 2.24) is 15.3 Å². The molecule has 5 rings (SSSR count). The molecule has 0 aliphatic heterocycles. The first-order chi connectivity index (χ1) is 22.5. The van der Waals surface area contributed by atoms with E-state index in [2.05, 4.69) is 82.1 Å². The van der Waals surface area contributed by atoms with Crippen LogP contribution in [-0.4, -0.2) is 58.1 Å². The van der Waals surface area contributed by atoms with E-state index in [0.29, 0.717) is 23.1 Å². The molecule has 0 spiro atoms. The highest BCUT2D eigenvalue weighted by Gasteiger charge is 2.37. The Morgan fingerprint density at radius 1 is 1.11 bits per heavy atom.